The molecule has 0 bridgehead atoms. The van der Waals surface area contributed by atoms with E-state index in [0.717, 1.165) is 11.8 Å². The van der Waals surface area contributed by atoms with Crippen molar-refractivity contribution in [1.82, 2.24) is 0 Å². The van der Waals surface area contributed by atoms with Crippen LogP contribution in [0.4, 0.5) is 0 Å². The molecular formula is C12H13ClO3S. The van der Waals surface area contributed by atoms with Crippen molar-refractivity contribution in [2.75, 3.05) is 6.61 Å². The molecule has 0 radical (unpaired) electrons. The molecule has 0 saturated heterocycles. The lowest BCUT2D eigenvalue weighted by Crippen LogP contribution is -2.18. The molecule has 0 amide bonds. The Morgan fingerprint density at radius 3 is 2.76 bits per heavy atom. The predicted molar refractivity (Wildman–Crippen MR) is 69.5 cm³/mol. The van der Waals surface area contributed by atoms with Gasteiger partial charge in [0.15, 0.2) is 0 Å². The number of thioether (sulfide) groups is 1. The third-order valence-electron chi connectivity index (χ3n) is 1.96. The quantitative estimate of drug-likeness (QED) is 0.790. The van der Waals surface area contributed by atoms with Crippen LogP contribution in [0.15, 0.2) is 24.3 Å². The zero-order valence-electron chi connectivity index (χ0n) is 9.60. The second kappa shape index (κ2) is 6.67. The van der Waals surface area contributed by atoms with Crippen LogP contribution < -0.4 is 0 Å². The van der Waals surface area contributed by atoms with E-state index < -0.39 is 5.25 Å². The monoisotopic (exact) mass is 272 g/mol. The molecule has 0 heterocycles. The second-order valence-corrected chi connectivity index (χ2v) is 5.06. The number of rotatable bonds is 4. The van der Waals surface area contributed by atoms with Crippen molar-refractivity contribution in [2.45, 2.75) is 19.1 Å². The van der Waals surface area contributed by atoms with Gasteiger partial charge in [0.1, 0.15) is 5.25 Å². The van der Waals surface area contributed by atoms with E-state index in [4.69, 9.17) is 16.3 Å². The van der Waals surface area contributed by atoms with Crippen molar-refractivity contribution in [3.8, 4) is 0 Å². The number of benzene rings is 1. The summed E-state index contributed by atoms with van der Waals surface area (Å²) in [7, 11) is 0. The van der Waals surface area contributed by atoms with Gasteiger partial charge < -0.3 is 4.74 Å². The van der Waals surface area contributed by atoms with Gasteiger partial charge in [-0.2, -0.15) is 0 Å². The van der Waals surface area contributed by atoms with Crippen molar-refractivity contribution in [3.05, 3.63) is 34.9 Å². The first-order chi connectivity index (χ1) is 8.04. The van der Waals surface area contributed by atoms with Gasteiger partial charge >= 0.3 is 5.97 Å². The topological polar surface area (TPSA) is 43.4 Å². The zero-order chi connectivity index (χ0) is 12.8. The summed E-state index contributed by atoms with van der Waals surface area (Å²) < 4.78 is 4.83. The van der Waals surface area contributed by atoms with Gasteiger partial charge in [-0.25, -0.2) is 0 Å². The molecule has 1 aromatic carbocycles. The fourth-order valence-electron chi connectivity index (χ4n) is 1.15. The lowest BCUT2D eigenvalue weighted by Gasteiger charge is -2.09. The summed E-state index contributed by atoms with van der Waals surface area (Å²) in [5.41, 5.74) is 0.485. The molecule has 0 spiro atoms. The summed E-state index contributed by atoms with van der Waals surface area (Å²) >= 11 is 6.72. The molecule has 0 aliphatic heterocycles. The minimum Gasteiger partial charge on any atom is -0.465 e. The number of hydrogen-bond acceptors (Lipinski definition) is 4. The van der Waals surface area contributed by atoms with Crippen LogP contribution in [0.5, 0.6) is 0 Å². The van der Waals surface area contributed by atoms with Crippen LogP contribution in [0.1, 0.15) is 24.2 Å². The third-order valence-corrected chi connectivity index (χ3v) is 3.19. The normalized spacial score (nSPS) is 11.9. The van der Waals surface area contributed by atoms with E-state index in [0.29, 0.717) is 17.2 Å². The molecule has 17 heavy (non-hydrogen) atoms. The maximum Gasteiger partial charge on any atom is 0.319 e. The summed E-state index contributed by atoms with van der Waals surface area (Å²) in [6.45, 7) is 3.69. The summed E-state index contributed by atoms with van der Waals surface area (Å²) in [5.74, 6) is -0.382. The first-order valence-electron chi connectivity index (χ1n) is 5.17. The Bertz CT molecular complexity index is 420. The smallest absolute Gasteiger partial charge is 0.319 e. The van der Waals surface area contributed by atoms with Crippen molar-refractivity contribution >= 4 is 34.4 Å². The van der Waals surface area contributed by atoms with E-state index in [2.05, 4.69) is 0 Å². The number of carbonyl (C=O) groups is 2. The van der Waals surface area contributed by atoms with Crippen LogP contribution in [0.3, 0.4) is 0 Å². The number of hydrogen-bond donors (Lipinski definition) is 0. The maximum atomic E-state index is 11.8. The summed E-state index contributed by atoms with van der Waals surface area (Å²) in [4.78, 5) is 23.2. The minimum atomic E-state index is -0.513. The van der Waals surface area contributed by atoms with E-state index in [1.807, 2.05) is 0 Å². The Morgan fingerprint density at radius 1 is 1.47 bits per heavy atom. The van der Waals surface area contributed by atoms with E-state index in [-0.39, 0.29) is 11.1 Å². The van der Waals surface area contributed by atoms with E-state index in [9.17, 15) is 9.59 Å². The highest BCUT2D eigenvalue weighted by atomic mass is 35.5. The standard InChI is InChI=1S/C12H13ClO3S/c1-3-16-11(14)8(2)17-12(15)9-5-4-6-10(13)7-9/h4-8H,3H2,1-2H3. The Labute approximate surface area is 109 Å². The number of carbonyl (C=O) groups excluding carboxylic acids is 2. The highest BCUT2D eigenvalue weighted by Crippen LogP contribution is 2.21. The van der Waals surface area contributed by atoms with Gasteiger partial charge in [0.25, 0.3) is 0 Å². The molecule has 0 fully saturated rings. The summed E-state index contributed by atoms with van der Waals surface area (Å²) in [5, 5.41) is -0.199. The highest BCUT2D eigenvalue weighted by molar-refractivity contribution is 8.15. The van der Waals surface area contributed by atoms with Crippen molar-refractivity contribution in [1.29, 1.82) is 0 Å². The van der Waals surface area contributed by atoms with Gasteiger partial charge in [-0.3, -0.25) is 9.59 Å². The summed E-state index contributed by atoms with van der Waals surface area (Å²) in [6.07, 6.45) is 0. The van der Waals surface area contributed by atoms with Crippen LogP contribution in [-0.4, -0.2) is 22.9 Å². The SMILES string of the molecule is CCOC(=O)C(C)SC(=O)c1cccc(Cl)c1. The second-order valence-electron chi connectivity index (χ2n) is 3.31. The molecule has 3 nitrogen and oxygen atoms in total. The minimum absolute atomic E-state index is 0.187. The van der Waals surface area contributed by atoms with Crippen LogP contribution in [0.25, 0.3) is 0 Å². The van der Waals surface area contributed by atoms with Crippen LogP contribution in [0.2, 0.25) is 5.02 Å². The Balaban J connectivity index is 2.63. The van der Waals surface area contributed by atoms with Crippen LogP contribution in [-0.2, 0) is 9.53 Å². The maximum absolute atomic E-state index is 11.8. The third kappa shape index (κ3) is 4.40. The molecule has 0 aromatic heterocycles. The fraction of sp³-hybridized carbons (Fsp3) is 0.333. The number of halogens is 1. The van der Waals surface area contributed by atoms with E-state index >= 15 is 0 Å². The fourth-order valence-corrected chi connectivity index (χ4v) is 2.09. The largest absolute Gasteiger partial charge is 0.465 e. The average Bonchev–Trinajstić information content (AvgIpc) is 2.29. The first-order valence-corrected chi connectivity index (χ1v) is 6.43. The molecule has 0 saturated carbocycles. The molecule has 0 N–H and O–H groups in total. The Hall–Kier alpha value is -1.00. The van der Waals surface area contributed by atoms with Crippen LogP contribution >= 0.6 is 23.4 Å². The zero-order valence-corrected chi connectivity index (χ0v) is 11.2. The predicted octanol–water partition coefficient (Wildman–Crippen LogP) is 3.17. The van der Waals surface area contributed by atoms with Gasteiger partial charge in [-0.15, -0.1) is 0 Å². The van der Waals surface area contributed by atoms with E-state index in [1.54, 1.807) is 38.1 Å². The molecule has 1 aromatic rings. The Kier molecular flexibility index (Phi) is 5.51. The molecule has 92 valence electrons. The van der Waals surface area contributed by atoms with Crippen molar-refractivity contribution in [3.63, 3.8) is 0 Å². The van der Waals surface area contributed by atoms with Gasteiger partial charge in [-0.05, 0) is 26.0 Å². The van der Waals surface area contributed by atoms with Crippen LogP contribution in [0, 0.1) is 0 Å². The number of esters is 1. The molecular weight excluding hydrogens is 260 g/mol. The summed E-state index contributed by atoms with van der Waals surface area (Å²) in [6, 6.07) is 6.64. The Morgan fingerprint density at radius 2 is 2.18 bits per heavy atom. The molecule has 1 atom stereocenters. The van der Waals surface area contributed by atoms with Crippen molar-refractivity contribution in [2.24, 2.45) is 0 Å². The van der Waals surface area contributed by atoms with Crippen molar-refractivity contribution < 1.29 is 14.3 Å². The van der Waals surface area contributed by atoms with Gasteiger partial charge in [0.05, 0.1) is 6.61 Å². The highest BCUT2D eigenvalue weighted by Gasteiger charge is 2.19. The lowest BCUT2D eigenvalue weighted by atomic mass is 10.2. The van der Waals surface area contributed by atoms with Gasteiger partial charge in [0.2, 0.25) is 5.12 Å². The van der Waals surface area contributed by atoms with E-state index in [1.165, 1.54) is 0 Å². The van der Waals surface area contributed by atoms with Gasteiger partial charge in [-0.1, -0.05) is 35.5 Å². The van der Waals surface area contributed by atoms with Gasteiger partial charge in [0, 0.05) is 10.6 Å². The molecule has 0 aliphatic rings. The molecule has 0 aliphatic carbocycles. The molecule has 1 unspecified atom stereocenters. The first kappa shape index (κ1) is 14.1. The average molecular weight is 273 g/mol. The lowest BCUT2D eigenvalue weighted by molar-refractivity contribution is -0.142. The number of ether oxygens (including phenoxy) is 1. The molecule has 5 heteroatoms. The molecule has 1 rings (SSSR count).